The van der Waals surface area contributed by atoms with E-state index in [0.29, 0.717) is 35.0 Å². The Labute approximate surface area is 130 Å². The van der Waals surface area contributed by atoms with Crippen LogP contribution in [0.4, 0.5) is 5.69 Å². The fourth-order valence-corrected chi connectivity index (χ4v) is 2.08. The molecule has 0 aliphatic heterocycles. The molecule has 0 spiro atoms. The van der Waals surface area contributed by atoms with Crippen LogP contribution in [0.5, 0.6) is 0 Å². The third kappa shape index (κ3) is 4.11. The normalized spacial score (nSPS) is 11.1. The summed E-state index contributed by atoms with van der Waals surface area (Å²) in [7, 11) is 3.89. The second kappa shape index (κ2) is 6.81. The van der Waals surface area contributed by atoms with Crippen molar-refractivity contribution in [2.75, 3.05) is 26.0 Å². The molecule has 0 saturated heterocycles. The smallest absolute Gasteiger partial charge is 0.283 e. The van der Waals surface area contributed by atoms with E-state index in [2.05, 4.69) is 36.5 Å². The SMILES string of the molecule is Cc1nc(CNc2cnn(CCN(C)C)c(=O)c2Br)no1. The summed E-state index contributed by atoms with van der Waals surface area (Å²) in [5.41, 5.74) is 0.426. The van der Waals surface area contributed by atoms with Gasteiger partial charge in [-0.3, -0.25) is 4.79 Å². The van der Waals surface area contributed by atoms with Crippen molar-refractivity contribution in [3.63, 3.8) is 0 Å². The minimum absolute atomic E-state index is 0.175. The first-order valence-corrected chi connectivity index (χ1v) is 7.20. The quantitative estimate of drug-likeness (QED) is 0.821. The molecule has 2 heterocycles. The van der Waals surface area contributed by atoms with Crippen molar-refractivity contribution < 1.29 is 4.52 Å². The van der Waals surface area contributed by atoms with Crippen molar-refractivity contribution in [2.24, 2.45) is 0 Å². The lowest BCUT2D eigenvalue weighted by molar-refractivity contribution is 0.367. The fraction of sp³-hybridized carbons (Fsp3) is 0.500. The van der Waals surface area contributed by atoms with Gasteiger partial charge < -0.3 is 14.7 Å². The Morgan fingerprint density at radius 3 is 2.86 bits per heavy atom. The Balaban J connectivity index is 2.07. The highest BCUT2D eigenvalue weighted by Crippen LogP contribution is 2.16. The molecule has 0 saturated carbocycles. The Hall–Kier alpha value is -1.74. The van der Waals surface area contributed by atoms with Gasteiger partial charge >= 0.3 is 0 Å². The van der Waals surface area contributed by atoms with Gasteiger partial charge in [0.05, 0.1) is 25.0 Å². The van der Waals surface area contributed by atoms with Crippen molar-refractivity contribution >= 4 is 21.6 Å². The van der Waals surface area contributed by atoms with Crippen LogP contribution in [0.1, 0.15) is 11.7 Å². The van der Waals surface area contributed by atoms with Crippen LogP contribution < -0.4 is 10.9 Å². The van der Waals surface area contributed by atoms with Gasteiger partial charge in [0.25, 0.3) is 5.56 Å². The predicted octanol–water partition coefficient (Wildman–Crippen LogP) is 0.871. The lowest BCUT2D eigenvalue weighted by atomic mass is 10.4. The van der Waals surface area contributed by atoms with E-state index in [9.17, 15) is 4.79 Å². The summed E-state index contributed by atoms with van der Waals surface area (Å²) in [6, 6.07) is 0. The molecule has 0 radical (unpaired) electrons. The third-order valence-corrected chi connectivity index (χ3v) is 3.52. The summed E-state index contributed by atoms with van der Waals surface area (Å²) in [5, 5.41) is 11.0. The fourth-order valence-electron chi connectivity index (χ4n) is 1.63. The molecule has 2 aromatic heterocycles. The van der Waals surface area contributed by atoms with Crippen LogP contribution in [0.25, 0.3) is 0 Å². The summed E-state index contributed by atoms with van der Waals surface area (Å²) < 4.78 is 6.75. The van der Waals surface area contributed by atoms with E-state index < -0.39 is 0 Å². The molecule has 0 fully saturated rings. The first kappa shape index (κ1) is 15.6. The van der Waals surface area contributed by atoms with E-state index in [4.69, 9.17) is 4.52 Å². The molecule has 2 aromatic rings. The highest BCUT2D eigenvalue weighted by Gasteiger charge is 2.10. The minimum Gasteiger partial charge on any atom is -0.375 e. The Kier molecular flexibility index (Phi) is 5.07. The van der Waals surface area contributed by atoms with Crippen LogP contribution >= 0.6 is 15.9 Å². The van der Waals surface area contributed by atoms with E-state index in [1.807, 2.05) is 19.0 Å². The molecule has 114 valence electrons. The van der Waals surface area contributed by atoms with Crippen LogP contribution in [-0.4, -0.2) is 45.5 Å². The number of aromatic nitrogens is 4. The molecule has 2 rings (SSSR count). The second-order valence-corrected chi connectivity index (χ2v) is 5.58. The molecule has 0 amide bonds. The number of nitrogens with one attached hydrogen (secondary N) is 1. The topological polar surface area (TPSA) is 89.1 Å². The predicted molar refractivity (Wildman–Crippen MR) is 81.1 cm³/mol. The van der Waals surface area contributed by atoms with Gasteiger partial charge in [-0.2, -0.15) is 10.1 Å². The summed E-state index contributed by atoms with van der Waals surface area (Å²) in [5.74, 6) is 1.03. The Morgan fingerprint density at radius 1 is 1.48 bits per heavy atom. The van der Waals surface area contributed by atoms with Gasteiger partial charge in [0.2, 0.25) is 5.89 Å². The van der Waals surface area contributed by atoms with Crippen molar-refractivity contribution in [2.45, 2.75) is 20.0 Å². The van der Waals surface area contributed by atoms with Crippen LogP contribution in [0.3, 0.4) is 0 Å². The average molecular weight is 357 g/mol. The molecule has 0 atom stereocenters. The highest BCUT2D eigenvalue weighted by atomic mass is 79.9. The first-order chi connectivity index (χ1) is 9.97. The number of hydrogen-bond acceptors (Lipinski definition) is 7. The van der Waals surface area contributed by atoms with Crippen LogP contribution in [0.15, 0.2) is 20.0 Å². The number of likely N-dealkylation sites (N-methyl/N-ethyl adjacent to an activating group) is 1. The molecule has 9 heteroatoms. The standard InChI is InChI=1S/C12H17BrN6O2/c1-8-16-10(17-21-8)7-14-9-6-15-19(5-4-18(2)3)12(20)11(9)13/h6,14H,4-5,7H2,1-3H3. The maximum atomic E-state index is 12.2. The molecule has 0 aliphatic rings. The lowest BCUT2D eigenvalue weighted by Crippen LogP contribution is -2.29. The number of rotatable bonds is 6. The minimum atomic E-state index is -0.175. The van der Waals surface area contributed by atoms with Crippen LogP contribution in [0, 0.1) is 6.92 Å². The molecule has 8 nitrogen and oxygen atoms in total. The van der Waals surface area contributed by atoms with E-state index in [1.54, 1.807) is 13.1 Å². The number of anilines is 1. The first-order valence-electron chi connectivity index (χ1n) is 6.41. The summed E-state index contributed by atoms with van der Waals surface area (Å²) in [6.07, 6.45) is 1.61. The zero-order chi connectivity index (χ0) is 15.4. The van der Waals surface area contributed by atoms with E-state index in [-0.39, 0.29) is 5.56 Å². The van der Waals surface area contributed by atoms with Gasteiger partial charge in [-0.1, -0.05) is 5.16 Å². The lowest BCUT2D eigenvalue weighted by Gasteiger charge is -2.12. The van der Waals surface area contributed by atoms with Crippen molar-refractivity contribution in [3.05, 3.63) is 32.7 Å². The van der Waals surface area contributed by atoms with Crippen molar-refractivity contribution in [3.8, 4) is 0 Å². The maximum absolute atomic E-state index is 12.2. The molecule has 1 N–H and O–H groups in total. The zero-order valence-corrected chi connectivity index (χ0v) is 13.7. The molecule has 0 aliphatic carbocycles. The third-order valence-electron chi connectivity index (χ3n) is 2.75. The Bertz CT molecular complexity index is 666. The van der Waals surface area contributed by atoms with Crippen molar-refractivity contribution in [1.29, 1.82) is 0 Å². The molecule has 0 bridgehead atoms. The van der Waals surface area contributed by atoms with Crippen molar-refractivity contribution in [1.82, 2.24) is 24.8 Å². The van der Waals surface area contributed by atoms with Crippen LogP contribution in [0.2, 0.25) is 0 Å². The van der Waals surface area contributed by atoms with Gasteiger partial charge in [0.15, 0.2) is 5.82 Å². The van der Waals surface area contributed by atoms with Gasteiger partial charge in [0, 0.05) is 13.5 Å². The van der Waals surface area contributed by atoms with Gasteiger partial charge in [-0.15, -0.1) is 0 Å². The molecular weight excluding hydrogens is 340 g/mol. The van der Waals surface area contributed by atoms with E-state index in [0.717, 1.165) is 6.54 Å². The number of halogens is 1. The highest BCUT2D eigenvalue weighted by molar-refractivity contribution is 9.10. The monoisotopic (exact) mass is 356 g/mol. The maximum Gasteiger partial charge on any atom is 0.283 e. The zero-order valence-electron chi connectivity index (χ0n) is 12.1. The Morgan fingerprint density at radius 2 is 2.24 bits per heavy atom. The summed E-state index contributed by atoms with van der Waals surface area (Å²) in [6.45, 7) is 3.36. The van der Waals surface area contributed by atoms with Gasteiger partial charge in [-0.05, 0) is 30.0 Å². The average Bonchev–Trinajstić information content (AvgIpc) is 2.85. The molecule has 21 heavy (non-hydrogen) atoms. The number of nitrogens with zero attached hydrogens (tertiary/aromatic N) is 5. The van der Waals surface area contributed by atoms with E-state index >= 15 is 0 Å². The van der Waals surface area contributed by atoms with Gasteiger partial charge in [-0.25, -0.2) is 4.68 Å². The van der Waals surface area contributed by atoms with Crippen LogP contribution in [-0.2, 0) is 13.1 Å². The number of hydrogen-bond donors (Lipinski definition) is 1. The van der Waals surface area contributed by atoms with E-state index in [1.165, 1.54) is 4.68 Å². The molecule has 0 unspecified atom stereocenters. The summed E-state index contributed by atoms with van der Waals surface area (Å²) >= 11 is 3.30. The van der Waals surface area contributed by atoms with Gasteiger partial charge in [0.1, 0.15) is 4.47 Å². The molecular formula is C12H17BrN6O2. The largest absolute Gasteiger partial charge is 0.375 e. The molecule has 0 aromatic carbocycles. The number of aryl methyl sites for hydroxylation is 1. The summed E-state index contributed by atoms with van der Waals surface area (Å²) in [4.78, 5) is 18.2. The second-order valence-electron chi connectivity index (χ2n) is 4.79.